The Balaban J connectivity index is 1.24. The van der Waals surface area contributed by atoms with E-state index in [4.69, 9.17) is 9.47 Å². The van der Waals surface area contributed by atoms with E-state index in [1.807, 2.05) is 37.3 Å². The molecule has 0 radical (unpaired) electrons. The minimum Gasteiger partial charge on any atom is -0.497 e. The number of aryl methyl sites for hydroxylation is 1. The van der Waals surface area contributed by atoms with Crippen molar-refractivity contribution in [3.05, 3.63) is 65.9 Å². The van der Waals surface area contributed by atoms with Crippen LogP contribution in [-0.4, -0.2) is 43.2 Å². The molecule has 0 aliphatic carbocycles. The number of likely N-dealkylation sites (tertiary alicyclic amines) is 1. The highest BCUT2D eigenvalue weighted by molar-refractivity contribution is 5.85. The minimum atomic E-state index is 0.716. The Morgan fingerprint density at radius 2 is 1.86 bits per heavy atom. The van der Waals surface area contributed by atoms with Gasteiger partial charge in [-0.1, -0.05) is 18.2 Å². The van der Waals surface area contributed by atoms with Crippen molar-refractivity contribution in [2.75, 3.05) is 33.4 Å². The Labute approximate surface area is 173 Å². The van der Waals surface area contributed by atoms with Gasteiger partial charge < -0.3 is 9.47 Å². The second-order valence-electron chi connectivity index (χ2n) is 7.96. The topological polar surface area (TPSA) is 34.6 Å². The zero-order valence-electron chi connectivity index (χ0n) is 17.4. The molecule has 0 bridgehead atoms. The van der Waals surface area contributed by atoms with E-state index in [1.165, 1.54) is 18.4 Å². The lowest BCUT2D eigenvalue weighted by Gasteiger charge is -2.32. The van der Waals surface area contributed by atoms with Gasteiger partial charge in [0.2, 0.25) is 0 Å². The summed E-state index contributed by atoms with van der Waals surface area (Å²) in [5.41, 5.74) is 3.42. The quantitative estimate of drug-likeness (QED) is 0.576. The highest BCUT2D eigenvalue weighted by Crippen LogP contribution is 2.26. The minimum absolute atomic E-state index is 0.716. The van der Waals surface area contributed by atoms with Crippen LogP contribution in [0.25, 0.3) is 10.9 Å². The van der Waals surface area contributed by atoms with Crippen molar-refractivity contribution in [2.24, 2.45) is 5.92 Å². The Hall–Kier alpha value is -2.59. The first kappa shape index (κ1) is 19.7. The fourth-order valence-electron chi connectivity index (χ4n) is 4.19. The van der Waals surface area contributed by atoms with Crippen LogP contribution in [0.2, 0.25) is 0 Å². The number of hydrogen-bond donors (Lipinski definition) is 0. The molecule has 0 amide bonds. The lowest BCUT2D eigenvalue weighted by atomic mass is 9.90. The maximum absolute atomic E-state index is 6.11. The summed E-state index contributed by atoms with van der Waals surface area (Å²) in [5, 5.41) is 1.09. The molecule has 1 aromatic heterocycles. The molecule has 0 atom stereocenters. The van der Waals surface area contributed by atoms with E-state index in [0.29, 0.717) is 6.61 Å². The highest BCUT2D eigenvalue weighted by atomic mass is 16.5. The molecule has 0 spiro atoms. The number of benzene rings is 2. The van der Waals surface area contributed by atoms with E-state index in [-0.39, 0.29) is 0 Å². The van der Waals surface area contributed by atoms with Crippen LogP contribution < -0.4 is 9.47 Å². The average Bonchev–Trinajstić information content (AvgIpc) is 2.75. The predicted molar refractivity (Wildman–Crippen MR) is 118 cm³/mol. The molecule has 3 aromatic rings. The number of hydrogen-bond acceptors (Lipinski definition) is 4. The number of methoxy groups -OCH3 is 1. The number of piperidine rings is 1. The molecule has 4 rings (SSSR count). The Morgan fingerprint density at radius 1 is 1.03 bits per heavy atom. The Bertz CT molecular complexity index is 948. The molecule has 0 unspecified atom stereocenters. The summed E-state index contributed by atoms with van der Waals surface area (Å²) in [5.74, 6) is 2.64. The first-order chi connectivity index (χ1) is 14.2. The summed E-state index contributed by atoms with van der Waals surface area (Å²) < 4.78 is 11.5. The second kappa shape index (κ2) is 9.27. The van der Waals surface area contributed by atoms with Crippen LogP contribution in [-0.2, 0) is 6.42 Å². The van der Waals surface area contributed by atoms with Crippen LogP contribution >= 0.6 is 0 Å². The molecule has 1 saturated heterocycles. The fourth-order valence-corrected chi connectivity index (χ4v) is 4.19. The Kier molecular flexibility index (Phi) is 6.30. The second-order valence-corrected chi connectivity index (χ2v) is 7.96. The summed E-state index contributed by atoms with van der Waals surface area (Å²) >= 11 is 0. The van der Waals surface area contributed by atoms with Gasteiger partial charge in [-0.15, -0.1) is 0 Å². The average molecular weight is 391 g/mol. The van der Waals surface area contributed by atoms with Gasteiger partial charge in [-0.05, 0) is 87.2 Å². The standard InChI is InChI=1S/C25H30N2O2/c1-19-9-10-23-24(26-19)7-4-8-25(23)29-16-15-27-13-11-20(12-14-27)17-21-5-3-6-22(18-21)28-2/h3-10,18,20H,11-17H2,1-2H3. The normalized spacial score (nSPS) is 15.5. The van der Waals surface area contributed by atoms with Gasteiger partial charge in [0.15, 0.2) is 0 Å². The third-order valence-electron chi connectivity index (χ3n) is 5.86. The molecule has 0 N–H and O–H groups in total. The maximum atomic E-state index is 6.11. The number of ether oxygens (including phenoxy) is 2. The number of nitrogens with zero attached hydrogens (tertiary/aromatic N) is 2. The van der Waals surface area contributed by atoms with E-state index in [0.717, 1.165) is 60.1 Å². The van der Waals surface area contributed by atoms with E-state index in [9.17, 15) is 0 Å². The summed E-state index contributed by atoms with van der Waals surface area (Å²) in [6, 6.07) is 18.7. The fraction of sp³-hybridized carbons (Fsp3) is 0.400. The van der Waals surface area contributed by atoms with Gasteiger partial charge in [-0.2, -0.15) is 0 Å². The monoisotopic (exact) mass is 390 g/mol. The van der Waals surface area contributed by atoms with Gasteiger partial charge in [0.05, 0.1) is 12.6 Å². The van der Waals surface area contributed by atoms with E-state index in [2.05, 4.69) is 34.1 Å². The summed E-state index contributed by atoms with van der Waals surface area (Å²) in [6.45, 7) is 6.00. The van der Waals surface area contributed by atoms with Gasteiger partial charge in [0.1, 0.15) is 18.1 Å². The van der Waals surface area contributed by atoms with Gasteiger partial charge >= 0.3 is 0 Å². The third kappa shape index (κ3) is 5.07. The molecule has 152 valence electrons. The zero-order chi connectivity index (χ0) is 20.1. The highest BCUT2D eigenvalue weighted by Gasteiger charge is 2.19. The lowest BCUT2D eigenvalue weighted by molar-refractivity contribution is 0.155. The largest absolute Gasteiger partial charge is 0.497 e. The van der Waals surface area contributed by atoms with Crippen molar-refractivity contribution in [1.82, 2.24) is 9.88 Å². The third-order valence-corrected chi connectivity index (χ3v) is 5.86. The van der Waals surface area contributed by atoms with Crippen LogP contribution in [0.5, 0.6) is 11.5 Å². The number of rotatable bonds is 7. The molecular weight excluding hydrogens is 360 g/mol. The van der Waals surface area contributed by atoms with Crippen LogP contribution in [0, 0.1) is 12.8 Å². The molecule has 1 aliphatic rings. The van der Waals surface area contributed by atoms with Crippen molar-refractivity contribution in [3.63, 3.8) is 0 Å². The van der Waals surface area contributed by atoms with E-state index < -0.39 is 0 Å². The number of aromatic nitrogens is 1. The summed E-state index contributed by atoms with van der Waals surface area (Å²) in [4.78, 5) is 7.11. The first-order valence-corrected chi connectivity index (χ1v) is 10.6. The van der Waals surface area contributed by atoms with Crippen molar-refractivity contribution in [1.29, 1.82) is 0 Å². The van der Waals surface area contributed by atoms with Crippen molar-refractivity contribution >= 4 is 10.9 Å². The van der Waals surface area contributed by atoms with Crippen LogP contribution in [0.4, 0.5) is 0 Å². The molecule has 4 nitrogen and oxygen atoms in total. The van der Waals surface area contributed by atoms with Crippen molar-refractivity contribution in [2.45, 2.75) is 26.2 Å². The van der Waals surface area contributed by atoms with Crippen molar-refractivity contribution < 1.29 is 9.47 Å². The van der Waals surface area contributed by atoms with Crippen LogP contribution in [0.15, 0.2) is 54.6 Å². The van der Waals surface area contributed by atoms with Crippen molar-refractivity contribution in [3.8, 4) is 11.5 Å². The Morgan fingerprint density at radius 3 is 2.69 bits per heavy atom. The summed E-state index contributed by atoms with van der Waals surface area (Å²) in [6.07, 6.45) is 3.63. The maximum Gasteiger partial charge on any atom is 0.128 e. The van der Waals surface area contributed by atoms with Crippen LogP contribution in [0.1, 0.15) is 24.1 Å². The predicted octanol–water partition coefficient (Wildman–Crippen LogP) is 4.89. The van der Waals surface area contributed by atoms with Gasteiger partial charge in [-0.25, -0.2) is 0 Å². The molecule has 29 heavy (non-hydrogen) atoms. The number of pyridine rings is 1. The molecule has 0 saturated carbocycles. The summed E-state index contributed by atoms with van der Waals surface area (Å²) in [7, 11) is 1.73. The first-order valence-electron chi connectivity index (χ1n) is 10.6. The molecule has 2 aromatic carbocycles. The zero-order valence-corrected chi connectivity index (χ0v) is 17.4. The SMILES string of the molecule is COc1cccc(CC2CCN(CCOc3cccc4nc(C)ccc34)CC2)c1. The van der Waals surface area contributed by atoms with E-state index in [1.54, 1.807) is 7.11 Å². The van der Waals surface area contributed by atoms with E-state index >= 15 is 0 Å². The molecule has 1 fully saturated rings. The van der Waals surface area contributed by atoms with Gasteiger partial charge in [0, 0.05) is 17.6 Å². The molecular formula is C25H30N2O2. The smallest absolute Gasteiger partial charge is 0.128 e. The molecule has 4 heteroatoms. The lowest BCUT2D eigenvalue weighted by Crippen LogP contribution is -2.37. The van der Waals surface area contributed by atoms with Gasteiger partial charge in [0.25, 0.3) is 0 Å². The molecule has 2 heterocycles. The van der Waals surface area contributed by atoms with Crippen LogP contribution in [0.3, 0.4) is 0 Å². The molecule has 1 aliphatic heterocycles. The van der Waals surface area contributed by atoms with Gasteiger partial charge in [-0.3, -0.25) is 9.88 Å². The number of fused-ring (bicyclic) bond motifs is 1.